The van der Waals surface area contributed by atoms with Crippen molar-refractivity contribution in [3.05, 3.63) is 82.4 Å². The molecule has 1 unspecified atom stereocenters. The fourth-order valence-corrected chi connectivity index (χ4v) is 4.46. The first-order chi connectivity index (χ1) is 17.1. The molecule has 0 fully saturated rings. The SMILES string of the molecule is CCc1c(O)cc(O)cc1C(C(=O)O)(C(=O)c1ccc(OC)c(OC)c1)c1ccccc1CC(=O)O. The first-order valence-corrected chi connectivity index (χ1v) is 11.0. The van der Waals surface area contributed by atoms with Gasteiger partial charge in [0.15, 0.2) is 22.7 Å². The second-order valence-corrected chi connectivity index (χ2v) is 8.03. The number of carbonyl (C=O) groups excluding carboxylic acids is 1. The Morgan fingerprint density at radius 2 is 1.53 bits per heavy atom. The topological polar surface area (TPSA) is 151 Å². The van der Waals surface area contributed by atoms with Gasteiger partial charge in [-0.15, -0.1) is 0 Å². The van der Waals surface area contributed by atoms with E-state index in [9.17, 15) is 34.8 Å². The van der Waals surface area contributed by atoms with Crippen LogP contribution in [-0.2, 0) is 27.8 Å². The van der Waals surface area contributed by atoms with E-state index in [-0.39, 0.29) is 40.0 Å². The normalized spacial score (nSPS) is 12.4. The lowest BCUT2D eigenvalue weighted by Crippen LogP contribution is -2.46. The largest absolute Gasteiger partial charge is 0.508 e. The number of phenolic OH excluding ortho intramolecular Hbond substituents is 2. The number of Topliss-reactive ketones (excluding diaryl/α,β-unsaturated/α-hetero) is 1. The van der Waals surface area contributed by atoms with Crippen LogP contribution in [0.15, 0.2) is 54.6 Å². The van der Waals surface area contributed by atoms with Gasteiger partial charge in [0.25, 0.3) is 0 Å². The summed E-state index contributed by atoms with van der Waals surface area (Å²) in [7, 11) is 2.77. The summed E-state index contributed by atoms with van der Waals surface area (Å²) >= 11 is 0. The van der Waals surface area contributed by atoms with Crippen molar-refractivity contribution in [2.75, 3.05) is 14.2 Å². The Morgan fingerprint density at radius 1 is 0.861 bits per heavy atom. The van der Waals surface area contributed by atoms with Crippen LogP contribution in [0.1, 0.15) is 39.5 Å². The summed E-state index contributed by atoms with van der Waals surface area (Å²) in [5.41, 5.74) is -2.65. The molecule has 0 aliphatic carbocycles. The number of carbonyl (C=O) groups is 3. The number of carboxylic acid groups (broad SMARTS) is 2. The minimum Gasteiger partial charge on any atom is -0.508 e. The van der Waals surface area contributed by atoms with Crippen molar-refractivity contribution in [2.24, 2.45) is 0 Å². The van der Waals surface area contributed by atoms with Gasteiger partial charge in [0.2, 0.25) is 0 Å². The molecule has 188 valence electrons. The number of ether oxygens (including phenoxy) is 2. The molecule has 9 heteroatoms. The van der Waals surface area contributed by atoms with Crippen LogP contribution in [0.4, 0.5) is 0 Å². The Kier molecular flexibility index (Phi) is 7.53. The summed E-state index contributed by atoms with van der Waals surface area (Å²) in [6, 6.07) is 12.1. The molecule has 0 heterocycles. The lowest BCUT2D eigenvalue weighted by molar-refractivity contribution is -0.141. The third-order valence-corrected chi connectivity index (χ3v) is 6.04. The van der Waals surface area contributed by atoms with Crippen LogP contribution in [0.3, 0.4) is 0 Å². The van der Waals surface area contributed by atoms with Crippen LogP contribution in [0.5, 0.6) is 23.0 Å². The Balaban J connectivity index is 2.51. The smallest absolute Gasteiger partial charge is 0.326 e. The summed E-state index contributed by atoms with van der Waals surface area (Å²) in [5.74, 6) is -4.13. The number of ketones is 1. The zero-order valence-corrected chi connectivity index (χ0v) is 19.9. The van der Waals surface area contributed by atoms with E-state index in [1.54, 1.807) is 6.92 Å². The van der Waals surface area contributed by atoms with Gasteiger partial charge in [0.05, 0.1) is 20.6 Å². The standard InChI is InChI=1S/C27H26O9/c1-4-18-20(13-17(28)14-21(18)29)27(26(33)34,19-8-6-5-7-15(19)12-24(30)31)25(32)16-9-10-22(35-2)23(11-16)36-3/h5-11,13-14,28-29H,4,12H2,1-3H3,(H,30,31)(H,33,34). The van der Waals surface area contributed by atoms with Gasteiger partial charge in [0.1, 0.15) is 11.5 Å². The lowest BCUT2D eigenvalue weighted by atomic mass is 9.66. The third-order valence-electron chi connectivity index (χ3n) is 6.04. The number of carboxylic acids is 2. The highest BCUT2D eigenvalue weighted by atomic mass is 16.5. The van der Waals surface area contributed by atoms with E-state index in [2.05, 4.69) is 0 Å². The summed E-state index contributed by atoms with van der Waals surface area (Å²) in [4.78, 5) is 39.2. The van der Waals surface area contributed by atoms with Gasteiger partial charge in [-0.3, -0.25) is 14.4 Å². The maximum absolute atomic E-state index is 14.3. The Bertz CT molecular complexity index is 1330. The van der Waals surface area contributed by atoms with Gasteiger partial charge < -0.3 is 29.9 Å². The number of aromatic hydroxyl groups is 2. The number of rotatable bonds is 10. The molecule has 9 nitrogen and oxygen atoms in total. The van der Waals surface area contributed by atoms with Crippen molar-refractivity contribution < 1.29 is 44.3 Å². The highest BCUT2D eigenvalue weighted by Gasteiger charge is 2.52. The molecule has 3 aromatic rings. The van der Waals surface area contributed by atoms with E-state index in [1.807, 2.05) is 0 Å². The average Bonchev–Trinajstić information content (AvgIpc) is 2.84. The van der Waals surface area contributed by atoms with Gasteiger partial charge in [-0.1, -0.05) is 31.2 Å². The zero-order valence-electron chi connectivity index (χ0n) is 19.9. The summed E-state index contributed by atoms with van der Waals surface area (Å²) in [6.07, 6.45) is -0.437. The summed E-state index contributed by atoms with van der Waals surface area (Å²) < 4.78 is 10.5. The molecule has 0 bridgehead atoms. The maximum atomic E-state index is 14.3. The van der Waals surface area contributed by atoms with Crippen molar-refractivity contribution in [3.8, 4) is 23.0 Å². The van der Waals surface area contributed by atoms with Gasteiger partial charge in [-0.2, -0.15) is 0 Å². The molecule has 0 aliphatic heterocycles. The fraction of sp³-hybridized carbons (Fsp3) is 0.222. The monoisotopic (exact) mass is 494 g/mol. The average molecular weight is 494 g/mol. The Morgan fingerprint density at radius 3 is 2.11 bits per heavy atom. The highest BCUT2D eigenvalue weighted by Crippen LogP contribution is 2.44. The molecule has 0 aromatic heterocycles. The number of aliphatic carboxylic acids is 2. The number of benzene rings is 3. The quantitative estimate of drug-likeness (QED) is 0.245. The predicted octanol–water partition coefficient (Wildman–Crippen LogP) is 3.56. The number of hydrogen-bond acceptors (Lipinski definition) is 7. The number of methoxy groups -OCH3 is 2. The molecule has 0 radical (unpaired) electrons. The van der Waals surface area contributed by atoms with Crippen LogP contribution in [0.2, 0.25) is 0 Å². The molecule has 0 saturated heterocycles. The van der Waals surface area contributed by atoms with Gasteiger partial charge in [-0.05, 0) is 52.9 Å². The van der Waals surface area contributed by atoms with Crippen LogP contribution < -0.4 is 9.47 Å². The van der Waals surface area contributed by atoms with Crippen LogP contribution >= 0.6 is 0 Å². The minimum absolute atomic E-state index is 0.0648. The second kappa shape index (κ2) is 10.4. The molecule has 0 aliphatic rings. The minimum atomic E-state index is -2.52. The summed E-state index contributed by atoms with van der Waals surface area (Å²) in [5, 5.41) is 41.2. The van der Waals surface area contributed by atoms with Crippen molar-refractivity contribution in [2.45, 2.75) is 25.2 Å². The van der Waals surface area contributed by atoms with Crippen molar-refractivity contribution in [1.29, 1.82) is 0 Å². The fourth-order valence-electron chi connectivity index (χ4n) is 4.46. The molecule has 36 heavy (non-hydrogen) atoms. The van der Waals surface area contributed by atoms with Gasteiger partial charge in [0, 0.05) is 11.6 Å². The number of phenols is 2. The van der Waals surface area contributed by atoms with Crippen LogP contribution in [0.25, 0.3) is 0 Å². The molecule has 0 spiro atoms. The molecule has 3 rings (SSSR count). The maximum Gasteiger partial charge on any atom is 0.326 e. The molecular formula is C27H26O9. The molecule has 1 atom stereocenters. The van der Waals surface area contributed by atoms with Crippen LogP contribution in [-0.4, -0.2) is 52.4 Å². The highest BCUT2D eigenvalue weighted by molar-refractivity contribution is 6.20. The predicted molar refractivity (Wildman–Crippen MR) is 129 cm³/mol. The van der Waals surface area contributed by atoms with Crippen molar-refractivity contribution in [3.63, 3.8) is 0 Å². The molecule has 0 saturated carbocycles. The van der Waals surface area contributed by atoms with E-state index in [0.717, 1.165) is 12.1 Å². The van der Waals surface area contributed by atoms with Gasteiger partial charge >= 0.3 is 11.9 Å². The van der Waals surface area contributed by atoms with Crippen molar-refractivity contribution >= 4 is 17.7 Å². The molecule has 0 amide bonds. The third kappa shape index (κ3) is 4.43. The summed E-state index contributed by atoms with van der Waals surface area (Å²) in [6.45, 7) is 1.66. The lowest BCUT2D eigenvalue weighted by Gasteiger charge is -2.33. The Labute approximate surface area is 207 Å². The zero-order chi connectivity index (χ0) is 26.6. The van der Waals surface area contributed by atoms with E-state index in [0.29, 0.717) is 5.75 Å². The first kappa shape index (κ1) is 26.1. The molecular weight excluding hydrogens is 468 g/mol. The van der Waals surface area contributed by atoms with E-state index in [4.69, 9.17) is 9.47 Å². The Hall–Kier alpha value is -4.53. The first-order valence-electron chi connectivity index (χ1n) is 11.0. The molecule has 4 N–H and O–H groups in total. The molecule has 3 aromatic carbocycles. The van der Waals surface area contributed by atoms with Crippen molar-refractivity contribution in [1.82, 2.24) is 0 Å². The van der Waals surface area contributed by atoms with Gasteiger partial charge in [-0.25, -0.2) is 0 Å². The van der Waals surface area contributed by atoms with E-state index >= 15 is 0 Å². The van der Waals surface area contributed by atoms with Crippen LogP contribution in [0, 0.1) is 0 Å². The second-order valence-electron chi connectivity index (χ2n) is 8.03. The van der Waals surface area contributed by atoms with E-state index in [1.165, 1.54) is 56.7 Å². The number of hydrogen-bond donors (Lipinski definition) is 4. The van der Waals surface area contributed by atoms with E-state index < -0.39 is 41.1 Å².